The molecule has 2 aromatic heterocycles. The highest BCUT2D eigenvalue weighted by molar-refractivity contribution is 7.94. The van der Waals surface area contributed by atoms with Crippen molar-refractivity contribution in [3.63, 3.8) is 0 Å². The van der Waals surface area contributed by atoms with Gasteiger partial charge in [-0.3, -0.25) is 4.72 Å². The van der Waals surface area contributed by atoms with E-state index >= 15 is 0 Å². The molecule has 0 saturated carbocycles. The van der Waals surface area contributed by atoms with Gasteiger partial charge in [0.2, 0.25) is 16.0 Å². The zero-order valence-electron chi connectivity index (χ0n) is 20.5. The molecule has 0 aliphatic carbocycles. The maximum Gasteiger partial charge on any atom is 0.237 e. The van der Waals surface area contributed by atoms with Crippen LogP contribution in [0.1, 0.15) is 20.8 Å². The summed E-state index contributed by atoms with van der Waals surface area (Å²) < 4.78 is 48.5. The maximum atomic E-state index is 14.4. The van der Waals surface area contributed by atoms with Crippen LogP contribution in [0.25, 0.3) is 16.7 Å². The molecule has 3 N–H and O–H groups in total. The molecule has 4 rings (SSSR count). The standard InChI is InChI=1S/C25H29FN6O3S/c1-25(2,3)36(33,34)31-19-6-5-7-20(14-19)32-12-10-17-16-28-24(30-23(17)32)29-18-8-9-22(21(26)15-18)35-13-11-27-4/h5-10,12,14-16,27,31H,11,13H2,1-4H3,(H,28,29,30). The molecule has 2 heterocycles. The molecule has 0 amide bonds. The fraction of sp³-hybridized carbons (Fsp3) is 0.280. The molecule has 0 radical (unpaired) electrons. The predicted octanol–water partition coefficient (Wildman–Crippen LogP) is 4.44. The van der Waals surface area contributed by atoms with Gasteiger partial charge in [0.15, 0.2) is 11.6 Å². The number of aromatic nitrogens is 3. The van der Waals surface area contributed by atoms with Crippen LogP contribution in [0.15, 0.2) is 60.9 Å². The van der Waals surface area contributed by atoms with Crippen LogP contribution in [0.4, 0.5) is 21.7 Å². The van der Waals surface area contributed by atoms with Gasteiger partial charge in [0.1, 0.15) is 12.3 Å². The quantitative estimate of drug-likeness (QED) is 0.284. The second kappa shape index (κ2) is 10.1. The Morgan fingerprint density at radius 2 is 1.89 bits per heavy atom. The third-order valence-corrected chi connectivity index (χ3v) is 7.52. The molecule has 190 valence electrons. The number of benzene rings is 2. The summed E-state index contributed by atoms with van der Waals surface area (Å²) in [5.74, 6) is -0.0339. The van der Waals surface area contributed by atoms with Gasteiger partial charge >= 0.3 is 0 Å². The lowest BCUT2D eigenvalue weighted by Crippen LogP contribution is -2.33. The Balaban J connectivity index is 1.59. The highest BCUT2D eigenvalue weighted by Crippen LogP contribution is 2.26. The third-order valence-electron chi connectivity index (χ3n) is 5.41. The number of likely N-dealkylation sites (N-methyl/N-ethyl adjacent to an activating group) is 1. The van der Waals surface area contributed by atoms with Crippen molar-refractivity contribution in [1.29, 1.82) is 0 Å². The molecule has 9 nitrogen and oxygen atoms in total. The molecular formula is C25H29FN6O3S. The van der Waals surface area contributed by atoms with Gasteiger partial charge in [-0.1, -0.05) is 6.07 Å². The van der Waals surface area contributed by atoms with Crippen LogP contribution in [0, 0.1) is 5.82 Å². The zero-order valence-corrected chi connectivity index (χ0v) is 21.4. The van der Waals surface area contributed by atoms with E-state index in [2.05, 4.69) is 25.3 Å². The first-order valence-corrected chi connectivity index (χ1v) is 12.9. The van der Waals surface area contributed by atoms with Crippen LogP contribution in [-0.4, -0.2) is 47.9 Å². The Kier molecular flexibility index (Phi) is 7.14. The van der Waals surface area contributed by atoms with Crippen molar-refractivity contribution in [3.05, 3.63) is 66.7 Å². The van der Waals surface area contributed by atoms with Crippen molar-refractivity contribution in [2.45, 2.75) is 25.5 Å². The highest BCUT2D eigenvalue weighted by atomic mass is 32.2. The number of anilines is 3. The first-order chi connectivity index (χ1) is 17.1. The molecule has 0 aliphatic rings. The smallest absolute Gasteiger partial charge is 0.237 e. The Labute approximate surface area is 209 Å². The minimum absolute atomic E-state index is 0.169. The van der Waals surface area contributed by atoms with Gasteiger partial charge < -0.3 is 19.9 Å². The number of ether oxygens (including phenoxy) is 1. The lowest BCUT2D eigenvalue weighted by molar-refractivity contribution is 0.302. The molecule has 0 aliphatic heterocycles. The van der Waals surface area contributed by atoms with E-state index in [4.69, 9.17) is 4.74 Å². The molecule has 0 saturated heterocycles. The van der Waals surface area contributed by atoms with E-state index in [1.54, 1.807) is 64.3 Å². The molecule has 2 aromatic carbocycles. The van der Waals surface area contributed by atoms with Gasteiger partial charge in [0, 0.05) is 41.8 Å². The molecule has 0 fully saturated rings. The van der Waals surface area contributed by atoms with Crippen LogP contribution in [0.3, 0.4) is 0 Å². The number of sulfonamides is 1. The second-order valence-corrected chi connectivity index (χ2v) is 11.6. The molecule has 0 unspecified atom stereocenters. The normalized spacial score (nSPS) is 12.0. The highest BCUT2D eigenvalue weighted by Gasteiger charge is 2.29. The molecule has 0 spiro atoms. The van der Waals surface area contributed by atoms with Gasteiger partial charge in [-0.05, 0) is 64.2 Å². The van der Waals surface area contributed by atoms with Gasteiger partial charge in [-0.25, -0.2) is 17.8 Å². The Morgan fingerprint density at radius 1 is 1.08 bits per heavy atom. The third kappa shape index (κ3) is 5.58. The minimum Gasteiger partial charge on any atom is -0.489 e. The van der Waals surface area contributed by atoms with E-state index in [-0.39, 0.29) is 11.7 Å². The Morgan fingerprint density at radius 3 is 2.61 bits per heavy atom. The summed E-state index contributed by atoms with van der Waals surface area (Å²) in [6.45, 7) is 5.88. The van der Waals surface area contributed by atoms with E-state index in [9.17, 15) is 12.8 Å². The molecule has 0 atom stereocenters. The summed E-state index contributed by atoms with van der Waals surface area (Å²) in [6.07, 6.45) is 3.50. The van der Waals surface area contributed by atoms with Crippen LogP contribution < -0.4 is 20.1 Å². The fourth-order valence-corrected chi connectivity index (χ4v) is 4.05. The van der Waals surface area contributed by atoms with E-state index in [0.717, 1.165) is 11.1 Å². The molecule has 11 heteroatoms. The Bertz CT molecular complexity index is 1480. The van der Waals surface area contributed by atoms with Crippen molar-refractivity contribution in [1.82, 2.24) is 19.9 Å². The van der Waals surface area contributed by atoms with Crippen molar-refractivity contribution in [3.8, 4) is 11.4 Å². The molecular weight excluding hydrogens is 483 g/mol. The summed E-state index contributed by atoms with van der Waals surface area (Å²) in [6, 6.07) is 13.5. The number of nitrogens with zero attached hydrogens (tertiary/aromatic N) is 3. The van der Waals surface area contributed by atoms with Crippen LogP contribution in [0.5, 0.6) is 5.75 Å². The number of hydrogen-bond donors (Lipinski definition) is 3. The summed E-state index contributed by atoms with van der Waals surface area (Å²) in [7, 11) is -1.77. The van der Waals surface area contributed by atoms with Crippen molar-refractivity contribution >= 4 is 38.4 Å². The largest absolute Gasteiger partial charge is 0.489 e. The topological polar surface area (TPSA) is 110 Å². The van der Waals surface area contributed by atoms with E-state index < -0.39 is 20.6 Å². The van der Waals surface area contributed by atoms with Crippen LogP contribution in [-0.2, 0) is 10.0 Å². The monoisotopic (exact) mass is 512 g/mol. The number of rotatable bonds is 9. The van der Waals surface area contributed by atoms with E-state index in [1.165, 1.54) is 6.07 Å². The van der Waals surface area contributed by atoms with Crippen LogP contribution in [0.2, 0.25) is 0 Å². The van der Waals surface area contributed by atoms with E-state index in [0.29, 0.717) is 30.2 Å². The maximum absolute atomic E-state index is 14.4. The SMILES string of the molecule is CNCCOc1ccc(Nc2ncc3ccn(-c4cccc(NS(=O)(=O)C(C)(C)C)c4)c3n2)cc1F. The predicted molar refractivity (Wildman–Crippen MR) is 140 cm³/mol. The summed E-state index contributed by atoms with van der Waals surface area (Å²) in [4.78, 5) is 8.93. The van der Waals surface area contributed by atoms with Gasteiger partial charge in [0.05, 0.1) is 10.4 Å². The number of hydrogen-bond acceptors (Lipinski definition) is 7. The van der Waals surface area contributed by atoms with Gasteiger partial charge in [-0.15, -0.1) is 0 Å². The lowest BCUT2D eigenvalue weighted by Gasteiger charge is -2.20. The van der Waals surface area contributed by atoms with E-state index in [1.807, 2.05) is 22.9 Å². The average Bonchev–Trinajstić information content (AvgIpc) is 3.23. The van der Waals surface area contributed by atoms with Gasteiger partial charge in [-0.2, -0.15) is 4.98 Å². The molecule has 4 aromatic rings. The lowest BCUT2D eigenvalue weighted by atomic mass is 10.3. The summed E-state index contributed by atoms with van der Waals surface area (Å²) in [5, 5.41) is 6.76. The zero-order chi connectivity index (χ0) is 25.9. The molecule has 36 heavy (non-hydrogen) atoms. The Hall–Kier alpha value is -3.70. The molecule has 0 bridgehead atoms. The number of halogens is 1. The number of nitrogens with one attached hydrogen (secondary N) is 3. The summed E-state index contributed by atoms with van der Waals surface area (Å²) in [5.41, 5.74) is 2.25. The number of fused-ring (bicyclic) bond motifs is 1. The van der Waals surface area contributed by atoms with Crippen LogP contribution >= 0.6 is 0 Å². The average molecular weight is 513 g/mol. The minimum atomic E-state index is -3.57. The first kappa shape index (κ1) is 25.4. The van der Waals surface area contributed by atoms with Crippen molar-refractivity contribution < 1.29 is 17.5 Å². The first-order valence-electron chi connectivity index (χ1n) is 11.4. The van der Waals surface area contributed by atoms with Crippen molar-refractivity contribution in [2.75, 3.05) is 30.2 Å². The van der Waals surface area contributed by atoms with Crippen molar-refractivity contribution in [2.24, 2.45) is 0 Å². The summed E-state index contributed by atoms with van der Waals surface area (Å²) >= 11 is 0. The van der Waals surface area contributed by atoms with Gasteiger partial charge in [0.25, 0.3) is 0 Å². The second-order valence-electron chi connectivity index (χ2n) is 9.15. The fourth-order valence-electron chi connectivity index (χ4n) is 3.30.